The van der Waals surface area contributed by atoms with Crippen molar-refractivity contribution in [1.29, 1.82) is 0 Å². The van der Waals surface area contributed by atoms with Gasteiger partial charge in [0.1, 0.15) is 5.75 Å². The Hall–Kier alpha value is -4.42. The highest BCUT2D eigenvalue weighted by Crippen LogP contribution is 2.38. The Morgan fingerprint density at radius 3 is 2.50 bits per heavy atom. The molecule has 0 spiro atoms. The number of ether oxygens (including phenoxy) is 3. The zero-order chi connectivity index (χ0) is 31.1. The minimum Gasteiger partial charge on any atom is -0.493 e. The molecular formula is C32H32F3N5O3S. The van der Waals surface area contributed by atoms with Gasteiger partial charge in [0.05, 0.1) is 31.1 Å². The van der Waals surface area contributed by atoms with E-state index in [2.05, 4.69) is 15.0 Å². The van der Waals surface area contributed by atoms with Crippen molar-refractivity contribution in [3.8, 4) is 23.0 Å². The maximum absolute atomic E-state index is 15.3. The minimum atomic E-state index is -1.03. The molecule has 1 fully saturated rings. The van der Waals surface area contributed by atoms with E-state index in [0.717, 1.165) is 49.3 Å². The van der Waals surface area contributed by atoms with Crippen LogP contribution in [-0.2, 0) is 0 Å². The summed E-state index contributed by atoms with van der Waals surface area (Å²) in [6.45, 7) is 3.82. The second-order valence-electron chi connectivity index (χ2n) is 10.2. The number of aromatic nitrogens is 1. The minimum absolute atomic E-state index is 0.0641. The number of anilines is 1. The number of hydrazone groups is 1. The van der Waals surface area contributed by atoms with Gasteiger partial charge in [-0.2, -0.15) is 5.10 Å². The van der Waals surface area contributed by atoms with Crippen LogP contribution in [0.15, 0.2) is 65.9 Å². The topological polar surface area (TPSA) is 85.4 Å². The Kier molecular flexibility index (Phi) is 10.1. The molecule has 230 valence electrons. The lowest BCUT2D eigenvalue weighted by Gasteiger charge is -2.26. The average molecular weight is 624 g/mol. The quantitative estimate of drug-likeness (QED) is 0.0846. The van der Waals surface area contributed by atoms with E-state index >= 15 is 4.39 Å². The largest absolute Gasteiger partial charge is 0.493 e. The van der Waals surface area contributed by atoms with E-state index in [9.17, 15) is 8.78 Å². The number of methoxy groups -OCH3 is 1. The predicted molar refractivity (Wildman–Crippen MR) is 168 cm³/mol. The molecule has 2 N–H and O–H groups in total. The van der Waals surface area contributed by atoms with Gasteiger partial charge in [0.2, 0.25) is 0 Å². The number of likely N-dealkylation sites (tertiary alicyclic amines) is 1. The van der Waals surface area contributed by atoms with Crippen molar-refractivity contribution in [3.05, 3.63) is 83.8 Å². The number of nitrogens with two attached hydrogens (primary N) is 1. The summed E-state index contributed by atoms with van der Waals surface area (Å²) in [6.07, 6.45) is 7.50. The zero-order valence-electron chi connectivity index (χ0n) is 24.1. The van der Waals surface area contributed by atoms with Crippen LogP contribution in [0.4, 0.5) is 18.9 Å². The van der Waals surface area contributed by atoms with Gasteiger partial charge in [-0.05, 0) is 86.5 Å². The Balaban J connectivity index is 1.31. The predicted octanol–water partition coefficient (Wildman–Crippen LogP) is 6.79. The molecule has 44 heavy (non-hydrogen) atoms. The number of thiocarbonyl (C=S) groups is 1. The Labute approximate surface area is 258 Å². The van der Waals surface area contributed by atoms with Crippen LogP contribution in [0.25, 0.3) is 10.9 Å². The van der Waals surface area contributed by atoms with E-state index in [0.29, 0.717) is 34.8 Å². The molecule has 1 aromatic heterocycles. The van der Waals surface area contributed by atoms with Gasteiger partial charge in [0, 0.05) is 30.3 Å². The van der Waals surface area contributed by atoms with Gasteiger partial charge in [-0.15, -0.1) is 0 Å². The summed E-state index contributed by atoms with van der Waals surface area (Å²) in [6, 6.07) is 12.5. The summed E-state index contributed by atoms with van der Waals surface area (Å²) in [5.41, 5.74) is 6.85. The summed E-state index contributed by atoms with van der Waals surface area (Å²) in [5, 5.41) is 5.62. The average Bonchev–Trinajstić information content (AvgIpc) is 3.02. The molecule has 1 saturated heterocycles. The molecule has 0 saturated carbocycles. The molecular weight excluding hydrogens is 591 g/mol. The molecule has 4 aromatic rings. The molecule has 0 unspecified atom stereocenters. The highest BCUT2D eigenvalue weighted by atomic mass is 32.1. The van der Waals surface area contributed by atoms with E-state index in [1.165, 1.54) is 43.7 Å². The normalized spacial score (nSPS) is 13.7. The lowest BCUT2D eigenvalue weighted by atomic mass is 10.1. The standard InChI is InChI=1S/C32H32F3N5O3S/c1-41-30-18-23-27(19-31(30)42-15-5-14-39-12-3-2-4-13-39)37-11-10-28(23)43-29-9-7-22(17-26(29)35)40(32(36)44)38-20-21-6-8-24(33)25(34)16-21/h6-11,16-20H,2-5,12-15H2,1H3,(H2,36,44). The number of halogens is 3. The van der Waals surface area contributed by atoms with E-state index in [1.807, 2.05) is 0 Å². The monoisotopic (exact) mass is 623 g/mol. The fourth-order valence-electron chi connectivity index (χ4n) is 4.93. The van der Waals surface area contributed by atoms with Crippen molar-refractivity contribution in [2.75, 3.05) is 38.4 Å². The molecule has 0 radical (unpaired) electrons. The highest BCUT2D eigenvalue weighted by Gasteiger charge is 2.17. The molecule has 0 atom stereocenters. The van der Waals surface area contributed by atoms with Crippen molar-refractivity contribution in [1.82, 2.24) is 9.88 Å². The SMILES string of the molecule is COc1cc2c(Oc3ccc(N(N=Cc4ccc(F)c(F)c4)C(N)=S)cc3F)ccnc2cc1OCCCN1CCCCC1. The number of fused-ring (bicyclic) bond motifs is 1. The second-order valence-corrected chi connectivity index (χ2v) is 10.6. The molecule has 2 heterocycles. The maximum Gasteiger partial charge on any atom is 0.191 e. The first-order valence-corrected chi connectivity index (χ1v) is 14.6. The van der Waals surface area contributed by atoms with E-state index in [4.69, 9.17) is 32.2 Å². The smallest absolute Gasteiger partial charge is 0.191 e. The third-order valence-corrected chi connectivity index (χ3v) is 7.34. The Bertz CT molecular complexity index is 1670. The van der Waals surface area contributed by atoms with Gasteiger partial charge in [-0.25, -0.2) is 18.2 Å². The lowest BCUT2D eigenvalue weighted by molar-refractivity contribution is 0.203. The van der Waals surface area contributed by atoms with Crippen molar-refractivity contribution in [2.24, 2.45) is 10.8 Å². The van der Waals surface area contributed by atoms with Gasteiger partial charge < -0.3 is 24.8 Å². The summed E-state index contributed by atoms with van der Waals surface area (Å²) in [7, 11) is 1.56. The van der Waals surface area contributed by atoms with Crippen molar-refractivity contribution < 1.29 is 27.4 Å². The van der Waals surface area contributed by atoms with Gasteiger partial charge in [0.25, 0.3) is 0 Å². The Morgan fingerprint density at radius 1 is 0.955 bits per heavy atom. The number of pyridine rings is 1. The molecule has 1 aliphatic heterocycles. The number of piperidine rings is 1. The maximum atomic E-state index is 15.3. The molecule has 1 aliphatic rings. The molecule has 5 rings (SSSR count). The number of rotatable bonds is 11. The lowest BCUT2D eigenvalue weighted by Crippen LogP contribution is -2.31. The van der Waals surface area contributed by atoms with E-state index < -0.39 is 17.5 Å². The summed E-state index contributed by atoms with van der Waals surface area (Å²) >= 11 is 5.06. The number of hydrogen-bond acceptors (Lipinski definition) is 7. The van der Waals surface area contributed by atoms with Crippen LogP contribution in [0.2, 0.25) is 0 Å². The zero-order valence-corrected chi connectivity index (χ0v) is 25.0. The van der Waals surface area contributed by atoms with Crippen molar-refractivity contribution in [2.45, 2.75) is 25.7 Å². The fourth-order valence-corrected chi connectivity index (χ4v) is 5.09. The van der Waals surface area contributed by atoms with Gasteiger partial charge in [0.15, 0.2) is 39.8 Å². The summed E-state index contributed by atoms with van der Waals surface area (Å²) in [4.78, 5) is 6.91. The van der Waals surface area contributed by atoms with Gasteiger partial charge in [-0.3, -0.25) is 4.98 Å². The third-order valence-electron chi connectivity index (χ3n) is 7.17. The van der Waals surface area contributed by atoms with Crippen LogP contribution in [0.5, 0.6) is 23.0 Å². The number of benzene rings is 3. The fraction of sp³-hybridized carbons (Fsp3) is 0.281. The number of nitrogens with zero attached hydrogens (tertiary/aromatic N) is 4. The van der Waals surface area contributed by atoms with Crippen LogP contribution in [-0.4, -0.2) is 54.6 Å². The van der Waals surface area contributed by atoms with Gasteiger partial charge >= 0.3 is 0 Å². The molecule has 0 bridgehead atoms. The first-order valence-electron chi connectivity index (χ1n) is 14.2. The molecule has 12 heteroatoms. The van der Waals surface area contributed by atoms with Crippen LogP contribution >= 0.6 is 12.2 Å². The van der Waals surface area contributed by atoms with Crippen molar-refractivity contribution in [3.63, 3.8) is 0 Å². The molecule has 3 aromatic carbocycles. The first kappa shape index (κ1) is 31.0. The third kappa shape index (κ3) is 7.56. The van der Waals surface area contributed by atoms with Crippen LogP contribution < -0.4 is 25.0 Å². The summed E-state index contributed by atoms with van der Waals surface area (Å²) < 4.78 is 59.7. The van der Waals surface area contributed by atoms with Crippen molar-refractivity contribution >= 4 is 40.1 Å². The van der Waals surface area contributed by atoms with Crippen LogP contribution in [0.3, 0.4) is 0 Å². The second kappa shape index (κ2) is 14.4. The first-order chi connectivity index (χ1) is 21.3. The summed E-state index contributed by atoms with van der Waals surface area (Å²) in [5.74, 6) is -1.35. The van der Waals surface area contributed by atoms with Crippen LogP contribution in [0.1, 0.15) is 31.2 Å². The van der Waals surface area contributed by atoms with E-state index in [-0.39, 0.29) is 22.1 Å². The van der Waals surface area contributed by atoms with E-state index in [1.54, 1.807) is 31.5 Å². The highest BCUT2D eigenvalue weighted by molar-refractivity contribution is 7.80. The van der Waals surface area contributed by atoms with Gasteiger partial charge in [-0.1, -0.05) is 12.5 Å². The Morgan fingerprint density at radius 2 is 1.77 bits per heavy atom. The van der Waals surface area contributed by atoms with Crippen LogP contribution in [0, 0.1) is 17.5 Å². The number of hydrogen-bond donors (Lipinski definition) is 1. The molecule has 0 amide bonds. The molecule has 0 aliphatic carbocycles. The molecule has 8 nitrogen and oxygen atoms in total.